The van der Waals surface area contributed by atoms with Gasteiger partial charge in [0.25, 0.3) is 5.91 Å². The van der Waals surface area contributed by atoms with Crippen LogP contribution in [-0.4, -0.2) is 78.6 Å². The first-order chi connectivity index (χ1) is 24.8. The summed E-state index contributed by atoms with van der Waals surface area (Å²) >= 11 is 1.52. The van der Waals surface area contributed by atoms with Crippen molar-refractivity contribution >= 4 is 50.0 Å². The Kier molecular flexibility index (Phi) is 11.2. The van der Waals surface area contributed by atoms with Gasteiger partial charge in [0, 0.05) is 36.0 Å². The fourth-order valence-electron chi connectivity index (χ4n) is 7.03. The van der Waals surface area contributed by atoms with Gasteiger partial charge < -0.3 is 19.7 Å². The number of benzene rings is 1. The molecule has 2 N–H and O–H groups in total. The third-order valence-corrected chi connectivity index (χ3v) is 13.3. The van der Waals surface area contributed by atoms with Crippen LogP contribution in [0.1, 0.15) is 102 Å². The zero-order valence-electron chi connectivity index (χ0n) is 31.0. The van der Waals surface area contributed by atoms with Crippen LogP contribution in [0.15, 0.2) is 23.6 Å². The van der Waals surface area contributed by atoms with Gasteiger partial charge in [-0.25, -0.2) is 18.4 Å². The molecule has 3 amide bonds. The van der Waals surface area contributed by atoms with E-state index in [1.165, 1.54) is 11.3 Å². The average molecular weight is 754 g/mol. The van der Waals surface area contributed by atoms with Gasteiger partial charge in [0.2, 0.25) is 21.8 Å². The Labute approximate surface area is 310 Å². The van der Waals surface area contributed by atoms with Crippen LogP contribution in [0, 0.1) is 18.8 Å². The number of amides is 3. The summed E-state index contributed by atoms with van der Waals surface area (Å²) in [6, 6.07) is 5.66. The van der Waals surface area contributed by atoms with Gasteiger partial charge in [-0.05, 0) is 69.9 Å². The third kappa shape index (κ3) is 8.07. The highest BCUT2D eigenvalue weighted by Crippen LogP contribution is 2.43. The molecule has 0 saturated heterocycles. The number of hydrogen-bond donors (Lipinski definition) is 2. The molecular formula is C38H51N5O7S2. The number of ether oxygens (including phenoxy) is 2. The molecule has 6 rings (SSSR count). The topological polar surface area (TPSA) is 157 Å². The van der Waals surface area contributed by atoms with Crippen LogP contribution in [0.25, 0.3) is 21.6 Å². The minimum Gasteiger partial charge on any atom is -0.496 e. The van der Waals surface area contributed by atoms with E-state index in [1.807, 2.05) is 30.5 Å². The quantitative estimate of drug-likeness (QED) is 0.171. The summed E-state index contributed by atoms with van der Waals surface area (Å²) in [5.41, 5.74) is 1.90. The largest absolute Gasteiger partial charge is 0.496 e. The summed E-state index contributed by atoms with van der Waals surface area (Å²) in [5.74, 6) is -1.23. The average Bonchev–Trinajstić information content (AvgIpc) is 4.02. The van der Waals surface area contributed by atoms with E-state index >= 15 is 0 Å². The highest BCUT2D eigenvalue weighted by molar-refractivity contribution is 7.91. The van der Waals surface area contributed by atoms with E-state index < -0.39 is 50.6 Å². The van der Waals surface area contributed by atoms with Crippen molar-refractivity contribution in [2.24, 2.45) is 11.8 Å². The van der Waals surface area contributed by atoms with E-state index in [2.05, 4.69) is 30.8 Å². The Bertz CT molecular complexity index is 1940. The molecule has 3 fully saturated rings. The number of rotatable bonds is 16. The molecule has 0 spiro atoms. The normalized spacial score (nSPS) is 20.9. The van der Waals surface area contributed by atoms with E-state index in [0.29, 0.717) is 61.4 Å². The number of pyridine rings is 1. The van der Waals surface area contributed by atoms with E-state index in [4.69, 9.17) is 19.4 Å². The van der Waals surface area contributed by atoms with Crippen LogP contribution in [0.2, 0.25) is 0 Å². The molecule has 52 heavy (non-hydrogen) atoms. The molecule has 3 aliphatic carbocycles. The van der Waals surface area contributed by atoms with Gasteiger partial charge in [-0.15, -0.1) is 11.3 Å². The Morgan fingerprint density at radius 2 is 1.79 bits per heavy atom. The van der Waals surface area contributed by atoms with Gasteiger partial charge >= 0.3 is 0 Å². The van der Waals surface area contributed by atoms with Gasteiger partial charge in [-0.3, -0.25) is 19.1 Å². The molecular weight excluding hydrogens is 703 g/mol. The number of fused-ring (bicyclic) bond motifs is 1. The third-order valence-electron chi connectivity index (χ3n) is 10.6. The fraction of sp³-hybridized carbons (Fsp3) is 0.605. The van der Waals surface area contributed by atoms with Gasteiger partial charge in [0.05, 0.1) is 35.4 Å². The van der Waals surface area contributed by atoms with Gasteiger partial charge in [-0.2, -0.15) is 0 Å². The van der Waals surface area contributed by atoms with Crippen molar-refractivity contribution in [3.05, 3.63) is 34.8 Å². The van der Waals surface area contributed by atoms with Crippen molar-refractivity contribution in [2.45, 2.75) is 115 Å². The van der Waals surface area contributed by atoms with Crippen LogP contribution in [0.3, 0.4) is 0 Å². The highest BCUT2D eigenvalue weighted by Gasteiger charge is 2.55. The monoisotopic (exact) mass is 753 g/mol. The minimum absolute atomic E-state index is 0.141. The highest BCUT2D eigenvalue weighted by atomic mass is 32.2. The molecule has 2 aromatic heterocycles. The van der Waals surface area contributed by atoms with Crippen LogP contribution < -0.4 is 19.5 Å². The zero-order chi connectivity index (χ0) is 37.4. The molecule has 3 aliphatic rings. The maximum atomic E-state index is 14.1. The summed E-state index contributed by atoms with van der Waals surface area (Å²) in [6.45, 7) is 8.85. The lowest BCUT2D eigenvalue weighted by atomic mass is 9.93. The van der Waals surface area contributed by atoms with Crippen LogP contribution in [0.5, 0.6) is 11.5 Å². The Balaban J connectivity index is 1.28. The van der Waals surface area contributed by atoms with Crippen molar-refractivity contribution in [2.75, 3.05) is 20.7 Å². The Morgan fingerprint density at radius 3 is 2.42 bits per heavy atom. The number of sulfonamides is 1. The van der Waals surface area contributed by atoms with Crippen LogP contribution in [-0.2, 0) is 24.4 Å². The number of nitrogens with one attached hydrogen (secondary N) is 2. The molecule has 0 radical (unpaired) electrons. The molecule has 0 bridgehead atoms. The number of carbonyl (C=O) groups excluding carboxylic acids is 3. The van der Waals surface area contributed by atoms with E-state index in [9.17, 15) is 22.8 Å². The molecule has 3 atom stereocenters. The van der Waals surface area contributed by atoms with Crippen molar-refractivity contribution in [3.63, 3.8) is 0 Å². The zero-order valence-corrected chi connectivity index (χ0v) is 32.6. The van der Waals surface area contributed by atoms with E-state index in [-0.39, 0.29) is 18.2 Å². The Morgan fingerprint density at radius 1 is 1.06 bits per heavy atom. The summed E-state index contributed by atoms with van der Waals surface area (Å²) in [6.07, 6.45) is 5.78. The molecule has 12 nitrogen and oxygen atoms in total. The number of nitrogens with zero attached hydrogens (tertiary/aromatic N) is 3. The van der Waals surface area contributed by atoms with Crippen LogP contribution >= 0.6 is 11.3 Å². The molecule has 3 aromatic rings. The first-order valence-electron chi connectivity index (χ1n) is 18.5. The Hall–Kier alpha value is -3.78. The van der Waals surface area contributed by atoms with E-state index in [1.54, 1.807) is 19.1 Å². The first kappa shape index (κ1) is 38.0. The number of hydrogen-bond acceptors (Lipinski definition) is 10. The lowest BCUT2D eigenvalue weighted by Gasteiger charge is -2.26. The van der Waals surface area contributed by atoms with Crippen molar-refractivity contribution < 1.29 is 32.3 Å². The molecule has 0 unspecified atom stereocenters. The molecule has 3 saturated carbocycles. The van der Waals surface area contributed by atoms with Crippen LogP contribution in [0.4, 0.5) is 0 Å². The van der Waals surface area contributed by atoms with Gasteiger partial charge in [0.15, 0.2) is 0 Å². The lowest BCUT2D eigenvalue weighted by molar-refractivity contribution is -0.140. The number of unbranched alkanes of at least 4 members (excludes halogenated alkanes) is 3. The van der Waals surface area contributed by atoms with Crippen molar-refractivity contribution in [1.82, 2.24) is 24.9 Å². The second-order valence-corrected chi connectivity index (χ2v) is 17.8. The van der Waals surface area contributed by atoms with Crippen molar-refractivity contribution in [1.29, 1.82) is 0 Å². The predicted octanol–water partition coefficient (Wildman–Crippen LogP) is 5.87. The molecule has 282 valence electrons. The second kappa shape index (κ2) is 15.3. The van der Waals surface area contributed by atoms with E-state index in [0.717, 1.165) is 47.3 Å². The van der Waals surface area contributed by atoms with Gasteiger partial charge in [0.1, 0.15) is 33.8 Å². The first-order valence-corrected chi connectivity index (χ1v) is 20.9. The number of aryl methyl sites for hydroxylation is 1. The SMILES string of the molecule is CCCCCCN(C)C(=O)[C@@H]1C[C@H](Oc2cc(-c3nc(C(C)C)cs3)nc3c(C)c(OC)ccc23)C[C@H]1C(=O)NC1(C(=O)NS(=O)(=O)C2CC2)CC1. The predicted molar refractivity (Wildman–Crippen MR) is 201 cm³/mol. The summed E-state index contributed by atoms with van der Waals surface area (Å²) < 4.78 is 39.7. The maximum absolute atomic E-state index is 14.1. The molecule has 1 aromatic carbocycles. The molecule has 0 aliphatic heterocycles. The number of methoxy groups -OCH3 is 1. The smallest absolute Gasteiger partial charge is 0.259 e. The number of carbonyl (C=O) groups is 3. The molecule has 14 heteroatoms. The summed E-state index contributed by atoms with van der Waals surface area (Å²) in [7, 11) is -0.386. The minimum atomic E-state index is -3.78. The lowest BCUT2D eigenvalue weighted by Crippen LogP contribution is -2.53. The fourth-order valence-corrected chi connectivity index (χ4v) is 9.34. The number of aromatic nitrogens is 2. The number of thiazole rings is 1. The second-order valence-electron chi connectivity index (χ2n) is 15.0. The standard InChI is InChI=1S/C38H51N5O7S2/c1-7-8-9-10-17-43(5)36(45)28-19-24(18-27(28)34(44)41-38(15-16-38)37(46)42-52(47,48)25-11-12-25)50-32-20-29(35-40-30(21-51-35)22(2)3)39-33-23(4)31(49-6)14-13-26(32)33/h13-14,20-22,24-25,27-28H,7-12,15-19H2,1-6H3,(H,41,44)(H,42,46)/t24-,27-,28-/m1/s1. The van der Waals surface area contributed by atoms with Crippen molar-refractivity contribution in [3.8, 4) is 22.2 Å². The molecule has 2 heterocycles. The van der Waals surface area contributed by atoms with Gasteiger partial charge in [-0.1, -0.05) is 40.0 Å². The summed E-state index contributed by atoms with van der Waals surface area (Å²) in [5, 5.41) is 5.89. The summed E-state index contributed by atoms with van der Waals surface area (Å²) in [4.78, 5) is 52.8. The maximum Gasteiger partial charge on any atom is 0.259 e.